The van der Waals surface area contributed by atoms with Crippen LogP contribution in [0.25, 0.3) is 0 Å². The first-order chi connectivity index (χ1) is 10.3. The summed E-state index contributed by atoms with van der Waals surface area (Å²) in [6.45, 7) is 0. The zero-order chi connectivity index (χ0) is 14.7. The van der Waals surface area contributed by atoms with Crippen LogP contribution in [0.15, 0.2) is 24.5 Å². The summed E-state index contributed by atoms with van der Waals surface area (Å²) < 4.78 is 3.99. The Balaban J connectivity index is 1.69. The molecule has 1 unspecified atom stereocenters. The first kappa shape index (κ1) is 14.3. The number of nitrogens with zero attached hydrogens (tertiary/aromatic N) is 4. The quantitative estimate of drug-likeness (QED) is 0.650. The fraction of sp³-hybridized carbons (Fsp3) is 0.600. The highest BCUT2D eigenvalue weighted by molar-refractivity contribution is 5.12. The third-order valence-corrected chi connectivity index (χ3v) is 4.44. The van der Waals surface area contributed by atoms with Crippen molar-refractivity contribution in [1.82, 2.24) is 25.0 Å². The lowest BCUT2D eigenvalue weighted by Crippen LogP contribution is -2.31. The van der Waals surface area contributed by atoms with Crippen molar-refractivity contribution in [3.05, 3.63) is 35.9 Å². The van der Waals surface area contributed by atoms with E-state index in [2.05, 4.69) is 27.5 Å². The Labute approximate surface area is 125 Å². The molecule has 0 aliphatic heterocycles. The molecule has 21 heavy (non-hydrogen) atoms. The van der Waals surface area contributed by atoms with Crippen LogP contribution in [0, 0.1) is 0 Å². The first-order valence-corrected chi connectivity index (χ1v) is 7.76. The molecule has 0 amide bonds. The van der Waals surface area contributed by atoms with Gasteiger partial charge in [-0.25, -0.2) is 0 Å². The maximum absolute atomic E-state index is 5.70. The van der Waals surface area contributed by atoms with E-state index in [1.807, 2.05) is 17.8 Å². The minimum absolute atomic E-state index is 0.0344. The number of nitrogens with two attached hydrogens (primary N) is 1. The summed E-state index contributed by atoms with van der Waals surface area (Å²) in [5.41, 5.74) is 5.02. The number of rotatable bonds is 5. The number of nitrogens with one attached hydrogen (secondary N) is 1. The molecule has 114 valence electrons. The SMILES string of the molecule is Cn1nccc1C(Cc1ccn(C2CCCCC2)n1)NN. The van der Waals surface area contributed by atoms with Crippen molar-refractivity contribution >= 4 is 0 Å². The molecule has 1 fully saturated rings. The van der Waals surface area contributed by atoms with E-state index in [0.717, 1.165) is 17.8 Å². The van der Waals surface area contributed by atoms with Gasteiger partial charge in [-0.1, -0.05) is 19.3 Å². The van der Waals surface area contributed by atoms with Crippen LogP contribution < -0.4 is 11.3 Å². The largest absolute Gasteiger partial charge is 0.271 e. The van der Waals surface area contributed by atoms with Crippen molar-refractivity contribution in [3.63, 3.8) is 0 Å². The van der Waals surface area contributed by atoms with Gasteiger partial charge in [0.1, 0.15) is 0 Å². The predicted molar refractivity (Wildman–Crippen MR) is 81.3 cm³/mol. The van der Waals surface area contributed by atoms with Gasteiger partial charge in [0.05, 0.1) is 23.5 Å². The van der Waals surface area contributed by atoms with Crippen LogP contribution in [0.5, 0.6) is 0 Å². The Morgan fingerprint density at radius 2 is 2.14 bits per heavy atom. The molecule has 0 bridgehead atoms. The van der Waals surface area contributed by atoms with Crippen molar-refractivity contribution in [2.45, 2.75) is 50.6 Å². The lowest BCUT2D eigenvalue weighted by atomic mass is 9.96. The maximum atomic E-state index is 5.70. The lowest BCUT2D eigenvalue weighted by Gasteiger charge is -2.22. The molecule has 1 saturated carbocycles. The van der Waals surface area contributed by atoms with Crippen LogP contribution in [-0.2, 0) is 13.5 Å². The van der Waals surface area contributed by atoms with Crippen LogP contribution >= 0.6 is 0 Å². The van der Waals surface area contributed by atoms with E-state index in [0.29, 0.717) is 6.04 Å². The summed E-state index contributed by atoms with van der Waals surface area (Å²) in [5, 5.41) is 8.95. The smallest absolute Gasteiger partial charge is 0.0684 e. The van der Waals surface area contributed by atoms with Crippen molar-refractivity contribution in [2.75, 3.05) is 0 Å². The van der Waals surface area contributed by atoms with Gasteiger partial charge in [0, 0.05) is 25.9 Å². The summed E-state index contributed by atoms with van der Waals surface area (Å²) >= 11 is 0. The Morgan fingerprint density at radius 1 is 1.33 bits per heavy atom. The number of hydrogen-bond donors (Lipinski definition) is 2. The summed E-state index contributed by atoms with van der Waals surface area (Å²) in [7, 11) is 1.93. The molecule has 2 aromatic rings. The maximum Gasteiger partial charge on any atom is 0.0684 e. The van der Waals surface area contributed by atoms with Gasteiger partial charge >= 0.3 is 0 Å². The number of aromatic nitrogens is 4. The molecule has 1 aliphatic carbocycles. The number of aryl methyl sites for hydroxylation is 1. The van der Waals surface area contributed by atoms with Gasteiger partial charge in [-0.3, -0.25) is 20.6 Å². The lowest BCUT2D eigenvalue weighted by molar-refractivity contribution is 0.327. The summed E-state index contributed by atoms with van der Waals surface area (Å²) in [4.78, 5) is 0. The molecule has 0 spiro atoms. The van der Waals surface area contributed by atoms with Crippen LogP contribution in [-0.4, -0.2) is 19.6 Å². The van der Waals surface area contributed by atoms with Crippen molar-refractivity contribution < 1.29 is 0 Å². The molecule has 2 aromatic heterocycles. The molecule has 0 radical (unpaired) electrons. The van der Waals surface area contributed by atoms with E-state index < -0.39 is 0 Å². The highest BCUT2D eigenvalue weighted by Crippen LogP contribution is 2.27. The van der Waals surface area contributed by atoms with E-state index in [4.69, 9.17) is 10.9 Å². The number of hydrazine groups is 1. The predicted octanol–water partition coefficient (Wildman–Crippen LogP) is 1.87. The number of hydrogen-bond acceptors (Lipinski definition) is 4. The Morgan fingerprint density at radius 3 is 2.81 bits per heavy atom. The minimum Gasteiger partial charge on any atom is -0.271 e. The Kier molecular flexibility index (Phi) is 4.36. The second-order valence-corrected chi connectivity index (χ2v) is 5.88. The fourth-order valence-electron chi connectivity index (χ4n) is 3.22. The van der Waals surface area contributed by atoms with Gasteiger partial charge in [-0.15, -0.1) is 0 Å². The first-order valence-electron chi connectivity index (χ1n) is 7.76. The molecule has 6 nitrogen and oxygen atoms in total. The second kappa shape index (κ2) is 6.41. The average Bonchev–Trinajstić information content (AvgIpc) is 3.15. The van der Waals surface area contributed by atoms with E-state index in [1.54, 1.807) is 6.20 Å². The molecule has 0 aromatic carbocycles. The molecule has 2 heterocycles. The monoisotopic (exact) mass is 288 g/mol. The van der Waals surface area contributed by atoms with Crippen LogP contribution in [0.4, 0.5) is 0 Å². The second-order valence-electron chi connectivity index (χ2n) is 5.88. The summed E-state index contributed by atoms with van der Waals surface area (Å²) in [6, 6.07) is 4.71. The van der Waals surface area contributed by atoms with Crippen molar-refractivity contribution in [3.8, 4) is 0 Å². The van der Waals surface area contributed by atoms with E-state index in [-0.39, 0.29) is 6.04 Å². The molecular weight excluding hydrogens is 264 g/mol. The van der Waals surface area contributed by atoms with Gasteiger partial charge in [-0.05, 0) is 25.0 Å². The van der Waals surface area contributed by atoms with Crippen LogP contribution in [0.1, 0.15) is 55.6 Å². The molecule has 3 N–H and O–H groups in total. The minimum atomic E-state index is 0.0344. The van der Waals surface area contributed by atoms with Gasteiger partial charge in [0.25, 0.3) is 0 Å². The molecule has 3 rings (SSSR count). The van der Waals surface area contributed by atoms with E-state index in [9.17, 15) is 0 Å². The molecule has 1 aliphatic rings. The molecule has 1 atom stereocenters. The fourth-order valence-corrected chi connectivity index (χ4v) is 3.22. The van der Waals surface area contributed by atoms with E-state index in [1.165, 1.54) is 32.1 Å². The zero-order valence-corrected chi connectivity index (χ0v) is 12.6. The third kappa shape index (κ3) is 3.16. The summed E-state index contributed by atoms with van der Waals surface area (Å²) in [5.74, 6) is 5.70. The molecule has 0 saturated heterocycles. The zero-order valence-electron chi connectivity index (χ0n) is 12.6. The molecular formula is C15H24N6. The Bertz CT molecular complexity index is 566. The topological polar surface area (TPSA) is 73.7 Å². The van der Waals surface area contributed by atoms with Gasteiger partial charge in [0.2, 0.25) is 0 Å². The molecule has 6 heteroatoms. The standard InChI is InChI=1S/C15H24N6/c1-20-15(7-9-17-20)14(18-16)11-12-8-10-21(19-12)13-5-3-2-4-6-13/h7-10,13-14,18H,2-6,11,16H2,1H3. The van der Waals surface area contributed by atoms with Gasteiger partial charge in [0.15, 0.2) is 0 Å². The highest BCUT2D eigenvalue weighted by atomic mass is 15.3. The van der Waals surface area contributed by atoms with E-state index >= 15 is 0 Å². The van der Waals surface area contributed by atoms with Crippen molar-refractivity contribution in [1.29, 1.82) is 0 Å². The Hall–Kier alpha value is -1.66. The summed E-state index contributed by atoms with van der Waals surface area (Å²) in [6.07, 6.45) is 11.2. The van der Waals surface area contributed by atoms with Crippen LogP contribution in [0.3, 0.4) is 0 Å². The van der Waals surface area contributed by atoms with Crippen molar-refractivity contribution in [2.24, 2.45) is 12.9 Å². The normalized spacial score (nSPS) is 18.0. The third-order valence-electron chi connectivity index (χ3n) is 4.44. The van der Waals surface area contributed by atoms with Crippen LogP contribution in [0.2, 0.25) is 0 Å². The van der Waals surface area contributed by atoms with Gasteiger partial charge < -0.3 is 0 Å². The van der Waals surface area contributed by atoms with Gasteiger partial charge in [-0.2, -0.15) is 10.2 Å². The highest BCUT2D eigenvalue weighted by Gasteiger charge is 2.18. The average molecular weight is 288 g/mol.